The normalized spacial score (nSPS) is 22.7. The molecule has 1 saturated heterocycles. The summed E-state index contributed by atoms with van der Waals surface area (Å²) in [6, 6.07) is -1.80. The lowest BCUT2D eigenvalue weighted by Crippen LogP contribution is -2.57. The molecule has 1 aliphatic rings. The molecule has 1 fully saturated rings. The zero-order chi connectivity index (χ0) is 14.4. The van der Waals surface area contributed by atoms with Gasteiger partial charge in [-0.2, -0.15) is 0 Å². The molecular weight excluding hydrogens is 252 g/mol. The summed E-state index contributed by atoms with van der Waals surface area (Å²) in [5, 5.41) is 20.9. The number of rotatable bonds is 5. The zero-order valence-corrected chi connectivity index (χ0v) is 11.3. The molecule has 0 saturated carbocycles. The quantitative estimate of drug-likeness (QED) is 0.649. The molecule has 3 N–H and O–H groups in total. The molecule has 0 aliphatic carbocycles. The Morgan fingerprint density at radius 3 is 2.74 bits per heavy atom. The second kappa shape index (κ2) is 7.30. The number of urea groups is 1. The number of carboxylic acid groups (broad SMARTS) is 1. The monoisotopic (exact) mass is 274 g/mol. The molecule has 1 heterocycles. The molecule has 1 rings (SSSR count). The Balaban J connectivity index is 2.67. The largest absolute Gasteiger partial charge is 0.480 e. The Morgan fingerprint density at radius 2 is 2.21 bits per heavy atom. The number of hydrogen-bond donors (Lipinski definition) is 3. The molecule has 0 radical (unpaired) electrons. The van der Waals surface area contributed by atoms with E-state index in [1.807, 2.05) is 6.92 Å². The number of aliphatic hydroxyl groups excluding tert-OH is 1. The molecular formula is C12H22N2O5. The van der Waals surface area contributed by atoms with Gasteiger partial charge in [-0.05, 0) is 5.92 Å². The minimum atomic E-state index is -1.04. The Kier molecular flexibility index (Phi) is 6.04. The molecule has 0 bridgehead atoms. The lowest BCUT2D eigenvalue weighted by molar-refractivity contribution is -0.140. The maximum absolute atomic E-state index is 12.1. The van der Waals surface area contributed by atoms with E-state index in [0.717, 1.165) is 0 Å². The van der Waals surface area contributed by atoms with E-state index < -0.39 is 24.1 Å². The molecule has 19 heavy (non-hydrogen) atoms. The Bertz CT molecular complexity index is 323. The highest BCUT2D eigenvalue weighted by Gasteiger charge is 2.31. The molecule has 110 valence electrons. The van der Waals surface area contributed by atoms with Crippen LogP contribution in [-0.4, -0.2) is 65.6 Å². The fourth-order valence-corrected chi connectivity index (χ4v) is 1.97. The summed E-state index contributed by atoms with van der Waals surface area (Å²) in [4.78, 5) is 24.7. The average molecular weight is 274 g/mol. The lowest BCUT2D eigenvalue weighted by atomic mass is 9.99. The van der Waals surface area contributed by atoms with Gasteiger partial charge in [0.1, 0.15) is 6.04 Å². The number of aliphatic carboxylic acids is 1. The van der Waals surface area contributed by atoms with E-state index in [0.29, 0.717) is 19.6 Å². The van der Waals surface area contributed by atoms with E-state index in [9.17, 15) is 14.7 Å². The number of hydrogen-bond acceptors (Lipinski definition) is 4. The van der Waals surface area contributed by atoms with E-state index >= 15 is 0 Å². The summed E-state index contributed by atoms with van der Waals surface area (Å²) in [6.45, 7) is 4.47. The van der Waals surface area contributed by atoms with Crippen molar-refractivity contribution in [1.29, 1.82) is 0 Å². The van der Waals surface area contributed by atoms with Crippen molar-refractivity contribution in [2.75, 3.05) is 26.4 Å². The highest BCUT2D eigenvalue weighted by molar-refractivity contribution is 5.83. The molecule has 3 atom stereocenters. The van der Waals surface area contributed by atoms with Gasteiger partial charge >= 0.3 is 12.0 Å². The SMILES string of the molecule is CCC(C)C(NC(=O)N1CCOCC1CO)C(=O)O. The smallest absolute Gasteiger partial charge is 0.326 e. The summed E-state index contributed by atoms with van der Waals surface area (Å²) in [5.74, 6) is -1.20. The fourth-order valence-electron chi connectivity index (χ4n) is 1.97. The van der Waals surface area contributed by atoms with Crippen LogP contribution in [0.1, 0.15) is 20.3 Å². The standard InChI is InChI=1S/C12H22N2O5/c1-3-8(2)10(11(16)17)13-12(18)14-4-5-19-7-9(14)6-15/h8-10,15H,3-7H2,1-2H3,(H,13,18)(H,16,17). The number of ether oxygens (including phenoxy) is 1. The Labute approximate surface area is 112 Å². The first-order chi connectivity index (χ1) is 9.01. The molecule has 0 spiro atoms. The topological polar surface area (TPSA) is 99.1 Å². The minimum absolute atomic E-state index is 0.157. The molecule has 2 amide bonds. The predicted octanol–water partition coefficient (Wildman–Crippen LogP) is -0.112. The van der Waals surface area contributed by atoms with E-state index in [1.54, 1.807) is 6.92 Å². The number of carboxylic acids is 1. The predicted molar refractivity (Wildman–Crippen MR) is 67.8 cm³/mol. The van der Waals surface area contributed by atoms with E-state index in [4.69, 9.17) is 9.84 Å². The van der Waals surface area contributed by atoms with Gasteiger partial charge in [0.25, 0.3) is 0 Å². The van der Waals surface area contributed by atoms with Crippen LogP contribution in [0, 0.1) is 5.92 Å². The minimum Gasteiger partial charge on any atom is -0.480 e. The Hall–Kier alpha value is -1.34. The second-order valence-electron chi connectivity index (χ2n) is 4.76. The summed E-state index contributed by atoms with van der Waals surface area (Å²) in [7, 11) is 0. The lowest BCUT2D eigenvalue weighted by Gasteiger charge is -2.35. The van der Waals surface area contributed by atoms with Crippen LogP contribution in [0.5, 0.6) is 0 Å². The fraction of sp³-hybridized carbons (Fsp3) is 0.833. The summed E-state index contributed by atoms with van der Waals surface area (Å²) in [5.41, 5.74) is 0. The third kappa shape index (κ3) is 4.07. The van der Waals surface area contributed by atoms with Crippen LogP contribution < -0.4 is 5.32 Å². The van der Waals surface area contributed by atoms with Crippen LogP contribution in [0.25, 0.3) is 0 Å². The molecule has 0 aromatic rings. The van der Waals surface area contributed by atoms with Crippen molar-refractivity contribution in [3.8, 4) is 0 Å². The molecule has 0 aromatic heterocycles. The van der Waals surface area contributed by atoms with Crippen molar-refractivity contribution in [2.24, 2.45) is 5.92 Å². The van der Waals surface area contributed by atoms with Crippen LogP contribution in [0.2, 0.25) is 0 Å². The van der Waals surface area contributed by atoms with Crippen LogP contribution in [0.15, 0.2) is 0 Å². The highest BCUT2D eigenvalue weighted by atomic mass is 16.5. The molecule has 7 heteroatoms. The number of carbonyl (C=O) groups is 2. The van der Waals surface area contributed by atoms with Crippen molar-refractivity contribution < 1.29 is 24.5 Å². The van der Waals surface area contributed by atoms with Gasteiger partial charge in [-0.25, -0.2) is 9.59 Å². The van der Waals surface area contributed by atoms with Crippen molar-refractivity contribution in [2.45, 2.75) is 32.4 Å². The van der Waals surface area contributed by atoms with E-state index in [-0.39, 0.29) is 19.1 Å². The maximum Gasteiger partial charge on any atom is 0.326 e. The van der Waals surface area contributed by atoms with Gasteiger partial charge in [-0.3, -0.25) is 0 Å². The molecule has 7 nitrogen and oxygen atoms in total. The van der Waals surface area contributed by atoms with E-state index in [2.05, 4.69) is 5.32 Å². The third-order valence-electron chi connectivity index (χ3n) is 3.46. The number of carbonyl (C=O) groups excluding carboxylic acids is 1. The summed E-state index contributed by atoms with van der Waals surface area (Å²) in [6.07, 6.45) is 0.657. The number of nitrogens with zero attached hydrogens (tertiary/aromatic N) is 1. The van der Waals surface area contributed by atoms with Gasteiger partial charge in [-0.15, -0.1) is 0 Å². The number of amides is 2. The van der Waals surface area contributed by atoms with Gasteiger partial charge in [-0.1, -0.05) is 20.3 Å². The number of nitrogens with one attached hydrogen (secondary N) is 1. The van der Waals surface area contributed by atoms with Crippen molar-refractivity contribution >= 4 is 12.0 Å². The highest BCUT2D eigenvalue weighted by Crippen LogP contribution is 2.11. The first-order valence-electron chi connectivity index (χ1n) is 6.49. The first-order valence-corrected chi connectivity index (χ1v) is 6.49. The van der Waals surface area contributed by atoms with Gasteiger partial charge in [0.2, 0.25) is 0 Å². The molecule has 3 unspecified atom stereocenters. The van der Waals surface area contributed by atoms with Gasteiger partial charge < -0.3 is 25.2 Å². The van der Waals surface area contributed by atoms with E-state index in [1.165, 1.54) is 4.90 Å². The Morgan fingerprint density at radius 1 is 1.53 bits per heavy atom. The maximum atomic E-state index is 12.1. The summed E-state index contributed by atoms with van der Waals surface area (Å²) >= 11 is 0. The van der Waals surface area contributed by atoms with Crippen molar-refractivity contribution in [1.82, 2.24) is 10.2 Å². The number of morpholine rings is 1. The van der Waals surface area contributed by atoms with Crippen LogP contribution >= 0.6 is 0 Å². The second-order valence-corrected chi connectivity index (χ2v) is 4.76. The first kappa shape index (κ1) is 15.7. The van der Waals surface area contributed by atoms with Gasteiger partial charge in [0.15, 0.2) is 0 Å². The van der Waals surface area contributed by atoms with Gasteiger partial charge in [0.05, 0.1) is 25.9 Å². The molecule has 0 aromatic carbocycles. The van der Waals surface area contributed by atoms with Crippen LogP contribution in [0.4, 0.5) is 4.79 Å². The molecule has 1 aliphatic heterocycles. The van der Waals surface area contributed by atoms with Gasteiger partial charge in [0, 0.05) is 6.54 Å². The number of aliphatic hydroxyl groups is 1. The zero-order valence-electron chi connectivity index (χ0n) is 11.3. The summed E-state index contributed by atoms with van der Waals surface area (Å²) < 4.78 is 5.18. The van der Waals surface area contributed by atoms with Crippen molar-refractivity contribution in [3.05, 3.63) is 0 Å². The average Bonchev–Trinajstić information content (AvgIpc) is 2.43. The third-order valence-corrected chi connectivity index (χ3v) is 3.46. The van der Waals surface area contributed by atoms with Crippen LogP contribution in [0.3, 0.4) is 0 Å². The van der Waals surface area contributed by atoms with Crippen LogP contribution in [-0.2, 0) is 9.53 Å². The van der Waals surface area contributed by atoms with Crippen molar-refractivity contribution in [3.63, 3.8) is 0 Å².